The molecular formula is C18H19NO4S. The van der Waals surface area contributed by atoms with E-state index in [-0.39, 0.29) is 17.8 Å². The van der Waals surface area contributed by atoms with Crippen LogP contribution in [0.2, 0.25) is 0 Å². The van der Waals surface area contributed by atoms with Crippen molar-refractivity contribution in [3.05, 3.63) is 65.2 Å². The lowest BCUT2D eigenvalue weighted by Gasteiger charge is -2.12. The van der Waals surface area contributed by atoms with Crippen LogP contribution >= 0.6 is 0 Å². The first kappa shape index (κ1) is 16.5. The normalized spacial score (nSPS) is 16.3. The average Bonchev–Trinajstić information content (AvgIpc) is 2.94. The maximum Gasteiger partial charge on any atom is 0.251 e. The molecule has 0 saturated heterocycles. The lowest BCUT2D eigenvalue weighted by molar-refractivity contribution is 0.0933. The molecule has 126 valence electrons. The summed E-state index contributed by atoms with van der Waals surface area (Å²) in [5.41, 5.74) is 2.33. The number of nitrogens with one attached hydrogen (secondary N) is 1. The Kier molecular flexibility index (Phi) is 4.57. The minimum Gasteiger partial charge on any atom is -0.488 e. The fraction of sp³-hybridized carbons (Fsp3) is 0.278. The summed E-state index contributed by atoms with van der Waals surface area (Å²) in [7, 11) is -3.07. The van der Waals surface area contributed by atoms with Crippen molar-refractivity contribution >= 4 is 15.7 Å². The molecule has 0 bridgehead atoms. The number of carbonyl (C=O) groups is 1. The van der Waals surface area contributed by atoms with E-state index in [1.165, 1.54) is 6.26 Å². The molecule has 0 spiro atoms. The van der Waals surface area contributed by atoms with Crippen molar-refractivity contribution in [1.29, 1.82) is 0 Å². The van der Waals surface area contributed by atoms with Crippen molar-refractivity contribution in [2.75, 3.05) is 12.8 Å². The maximum absolute atomic E-state index is 12.2. The summed E-state index contributed by atoms with van der Waals surface area (Å²) < 4.78 is 28.3. The van der Waals surface area contributed by atoms with Gasteiger partial charge in [-0.3, -0.25) is 4.79 Å². The number of hydrogen-bond donors (Lipinski definition) is 1. The molecule has 0 aromatic heterocycles. The van der Waals surface area contributed by atoms with Crippen molar-refractivity contribution in [1.82, 2.24) is 5.32 Å². The van der Waals surface area contributed by atoms with Crippen LogP contribution < -0.4 is 10.1 Å². The summed E-state index contributed by atoms with van der Waals surface area (Å²) in [6.45, 7) is 0.429. The first-order chi connectivity index (χ1) is 11.4. The van der Waals surface area contributed by atoms with Crippen LogP contribution in [-0.2, 0) is 22.0 Å². The minimum atomic E-state index is -3.07. The van der Waals surface area contributed by atoms with Crippen LogP contribution in [0.25, 0.3) is 0 Å². The number of para-hydroxylation sites is 1. The predicted molar refractivity (Wildman–Crippen MR) is 91.9 cm³/mol. The third-order valence-corrected chi connectivity index (χ3v) is 4.71. The first-order valence-corrected chi connectivity index (χ1v) is 9.76. The molecule has 24 heavy (non-hydrogen) atoms. The number of benzene rings is 2. The van der Waals surface area contributed by atoms with Gasteiger partial charge in [0.25, 0.3) is 5.91 Å². The zero-order chi connectivity index (χ0) is 17.2. The van der Waals surface area contributed by atoms with Gasteiger partial charge in [-0.05, 0) is 29.3 Å². The molecule has 0 unspecified atom stereocenters. The quantitative estimate of drug-likeness (QED) is 0.899. The van der Waals surface area contributed by atoms with Gasteiger partial charge in [-0.25, -0.2) is 8.42 Å². The number of sulfone groups is 1. The Hall–Kier alpha value is -2.34. The summed E-state index contributed by atoms with van der Waals surface area (Å²) in [6, 6.07) is 14.5. The van der Waals surface area contributed by atoms with Crippen molar-refractivity contribution < 1.29 is 17.9 Å². The second-order valence-electron chi connectivity index (χ2n) is 6.03. The Morgan fingerprint density at radius 3 is 2.54 bits per heavy atom. The monoisotopic (exact) mass is 345 g/mol. The molecule has 0 aliphatic carbocycles. The largest absolute Gasteiger partial charge is 0.488 e. The molecule has 0 fully saturated rings. The second-order valence-corrected chi connectivity index (χ2v) is 8.17. The van der Waals surface area contributed by atoms with Crippen molar-refractivity contribution in [3.63, 3.8) is 0 Å². The Morgan fingerprint density at radius 1 is 1.17 bits per heavy atom. The maximum atomic E-state index is 12.2. The Morgan fingerprint density at radius 2 is 1.88 bits per heavy atom. The minimum absolute atomic E-state index is 0.0247. The molecule has 1 aliphatic heterocycles. The zero-order valence-corrected chi connectivity index (χ0v) is 14.2. The van der Waals surface area contributed by atoms with E-state index < -0.39 is 9.84 Å². The Bertz CT molecular complexity index is 819. The second kappa shape index (κ2) is 6.65. The molecule has 5 nitrogen and oxygen atoms in total. The molecule has 1 aliphatic rings. The summed E-state index contributed by atoms with van der Waals surface area (Å²) in [6.07, 6.45) is 1.91. The van der Waals surface area contributed by atoms with Crippen LogP contribution in [0, 0.1) is 0 Å². The van der Waals surface area contributed by atoms with Gasteiger partial charge in [0.2, 0.25) is 0 Å². The summed E-state index contributed by atoms with van der Waals surface area (Å²) in [4.78, 5) is 12.2. The zero-order valence-electron chi connectivity index (χ0n) is 13.4. The van der Waals surface area contributed by atoms with Crippen LogP contribution in [0.4, 0.5) is 0 Å². The fourth-order valence-electron chi connectivity index (χ4n) is 2.73. The number of ether oxygens (including phenoxy) is 1. The van der Waals surface area contributed by atoms with E-state index in [9.17, 15) is 13.2 Å². The van der Waals surface area contributed by atoms with Gasteiger partial charge in [-0.15, -0.1) is 0 Å². The SMILES string of the molecule is CS(=O)(=O)Cc1ccc(C(=O)NC[C@@H]2Cc3ccccc3O2)cc1. The Balaban J connectivity index is 1.54. The van der Waals surface area contributed by atoms with Gasteiger partial charge in [0, 0.05) is 18.2 Å². The molecular weight excluding hydrogens is 326 g/mol. The topological polar surface area (TPSA) is 72.5 Å². The van der Waals surface area contributed by atoms with Crippen LogP contribution in [0.1, 0.15) is 21.5 Å². The lowest BCUT2D eigenvalue weighted by atomic mass is 10.1. The molecule has 0 radical (unpaired) electrons. The number of amides is 1. The smallest absolute Gasteiger partial charge is 0.251 e. The van der Waals surface area contributed by atoms with E-state index in [0.717, 1.165) is 17.7 Å². The number of carbonyl (C=O) groups excluding carboxylic acids is 1. The van der Waals surface area contributed by atoms with E-state index in [0.29, 0.717) is 17.7 Å². The Labute approximate surface area is 141 Å². The van der Waals surface area contributed by atoms with Crippen LogP contribution in [0.15, 0.2) is 48.5 Å². The molecule has 0 saturated carbocycles. The third kappa shape index (κ3) is 4.14. The van der Waals surface area contributed by atoms with Gasteiger partial charge in [0.05, 0.1) is 12.3 Å². The highest BCUT2D eigenvalue weighted by Crippen LogP contribution is 2.27. The van der Waals surface area contributed by atoms with Crippen LogP contribution in [0.5, 0.6) is 5.75 Å². The molecule has 2 aromatic carbocycles. The predicted octanol–water partition coefficient (Wildman–Crippen LogP) is 1.96. The highest BCUT2D eigenvalue weighted by atomic mass is 32.2. The molecule has 1 N–H and O–H groups in total. The molecule has 1 atom stereocenters. The first-order valence-electron chi connectivity index (χ1n) is 7.70. The van der Waals surface area contributed by atoms with Gasteiger partial charge in [-0.2, -0.15) is 0 Å². The van der Waals surface area contributed by atoms with Crippen LogP contribution in [0.3, 0.4) is 0 Å². The van der Waals surface area contributed by atoms with E-state index in [4.69, 9.17) is 4.74 Å². The van der Waals surface area contributed by atoms with Gasteiger partial charge >= 0.3 is 0 Å². The summed E-state index contributed by atoms with van der Waals surface area (Å²) in [5, 5.41) is 2.86. The number of fused-ring (bicyclic) bond motifs is 1. The van der Waals surface area contributed by atoms with Crippen LogP contribution in [-0.4, -0.2) is 33.2 Å². The number of hydrogen-bond acceptors (Lipinski definition) is 4. The van der Waals surface area contributed by atoms with Gasteiger partial charge < -0.3 is 10.1 Å². The highest BCUT2D eigenvalue weighted by Gasteiger charge is 2.22. The van der Waals surface area contributed by atoms with E-state index in [2.05, 4.69) is 5.32 Å². The molecule has 1 amide bonds. The summed E-state index contributed by atoms with van der Waals surface area (Å²) in [5.74, 6) is 0.658. The third-order valence-electron chi connectivity index (χ3n) is 3.85. The van der Waals surface area contributed by atoms with Gasteiger partial charge in [0.1, 0.15) is 11.9 Å². The average molecular weight is 345 g/mol. The molecule has 6 heteroatoms. The fourth-order valence-corrected chi connectivity index (χ4v) is 3.53. The van der Waals surface area contributed by atoms with Gasteiger partial charge in [-0.1, -0.05) is 30.3 Å². The number of rotatable bonds is 5. The van der Waals surface area contributed by atoms with Gasteiger partial charge in [0.15, 0.2) is 9.84 Å². The standard InChI is InChI=1S/C18H19NO4S/c1-24(21,22)12-13-6-8-14(9-7-13)18(20)19-11-16-10-15-4-2-3-5-17(15)23-16/h2-9,16H,10-12H2,1H3,(H,19,20)/t16-/m0/s1. The molecule has 3 rings (SSSR count). The lowest BCUT2D eigenvalue weighted by Crippen LogP contribution is -2.34. The molecule has 1 heterocycles. The van der Waals surface area contributed by atoms with E-state index in [1.807, 2.05) is 24.3 Å². The van der Waals surface area contributed by atoms with Crippen molar-refractivity contribution in [3.8, 4) is 5.75 Å². The molecule has 2 aromatic rings. The van der Waals surface area contributed by atoms with E-state index in [1.54, 1.807) is 24.3 Å². The van der Waals surface area contributed by atoms with E-state index >= 15 is 0 Å². The highest BCUT2D eigenvalue weighted by molar-refractivity contribution is 7.89. The summed E-state index contributed by atoms with van der Waals surface area (Å²) >= 11 is 0. The van der Waals surface area contributed by atoms with Crippen molar-refractivity contribution in [2.24, 2.45) is 0 Å². The van der Waals surface area contributed by atoms with Crippen molar-refractivity contribution in [2.45, 2.75) is 18.3 Å².